The van der Waals surface area contributed by atoms with Gasteiger partial charge in [-0.15, -0.1) is 0 Å². The third-order valence-electron chi connectivity index (χ3n) is 4.22. The molecule has 5 heteroatoms. The maximum absolute atomic E-state index is 12.0. The number of ether oxygens (including phenoxy) is 2. The molecule has 2 rings (SSSR count). The lowest BCUT2D eigenvalue weighted by atomic mass is 9.98. The average Bonchev–Trinajstić information content (AvgIpc) is 3.04. The summed E-state index contributed by atoms with van der Waals surface area (Å²) >= 11 is 0. The number of carbonyl (C=O) groups excluding carboxylic acids is 1. The molecule has 1 saturated heterocycles. The number of hydrogen-bond acceptors (Lipinski definition) is 4. The lowest BCUT2D eigenvalue weighted by Crippen LogP contribution is -2.36. The Hall–Kier alpha value is -1.59. The molecule has 3 atom stereocenters. The summed E-state index contributed by atoms with van der Waals surface area (Å²) in [6.45, 7) is 3.29. The van der Waals surface area contributed by atoms with E-state index in [0.29, 0.717) is 19.0 Å². The molecule has 1 aliphatic rings. The van der Waals surface area contributed by atoms with Gasteiger partial charge in [-0.05, 0) is 42.9 Å². The number of carbonyl (C=O) groups is 1. The zero-order valence-electron chi connectivity index (χ0n) is 13.4. The summed E-state index contributed by atoms with van der Waals surface area (Å²) in [5.74, 6) is 1.22. The summed E-state index contributed by atoms with van der Waals surface area (Å²) in [5, 5.41) is 2.96. The molecule has 1 fully saturated rings. The molecule has 0 bridgehead atoms. The number of amides is 1. The van der Waals surface area contributed by atoms with E-state index in [1.54, 1.807) is 7.11 Å². The second-order valence-electron chi connectivity index (χ2n) is 5.81. The van der Waals surface area contributed by atoms with E-state index in [9.17, 15) is 4.79 Å². The molecule has 0 aromatic heterocycles. The van der Waals surface area contributed by atoms with Crippen LogP contribution >= 0.6 is 0 Å². The summed E-state index contributed by atoms with van der Waals surface area (Å²) in [6.07, 6.45) is 2.24. The monoisotopic (exact) mass is 306 g/mol. The summed E-state index contributed by atoms with van der Waals surface area (Å²) in [4.78, 5) is 12.0. The van der Waals surface area contributed by atoms with Gasteiger partial charge in [0, 0.05) is 13.1 Å². The van der Waals surface area contributed by atoms with E-state index in [1.165, 1.54) is 5.56 Å². The number of nitrogens with two attached hydrogens (primary N) is 1. The highest BCUT2D eigenvalue weighted by Gasteiger charge is 2.29. The minimum atomic E-state index is -0.329. The highest BCUT2D eigenvalue weighted by atomic mass is 16.5. The van der Waals surface area contributed by atoms with E-state index in [2.05, 4.69) is 24.4 Å². The summed E-state index contributed by atoms with van der Waals surface area (Å²) in [6, 6.07) is 8.06. The van der Waals surface area contributed by atoms with Crippen LogP contribution in [-0.4, -0.2) is 38.3 Å². The van der Waals surface area contributed by atoms with Crippen molar-refractivity contribution in [2.45, 2.75) is 44.3 Å². The molecule has 1 aliphatic heterocycles. The Kier molecular flexibility index (Phi) is 6.21. The molecule has 5 nitrogen and oxygen atoms in total. The molecule has 1 heterocycles. The Bertz CT molecular complexity index is 475. The lowest BCUT2D eigenvalue weighted by Gasteiger charge is -2.15. The van der Waals surface area contributed by atoms with E-state index >= 15 is 0 Å². The van der Waals surface area contributed by atoms with Crippen LogP contribution in [0.1, 0.15) is 37.7 Å². The number of rotatable bonds is 7. The van der Waals surface area contributed by atoms with Gasteiger partial charge in [-0.25, -0.2) is 0 Å². The zero-order valence-corrected chi connectivity index (χ0v) is 13.4. The first-order valence-corrected chi connectivity index (χ1v) is 7.91. The van der Waals surface area contributed by atoms with Crippen LogP contribution in [0, 0.1) is 0 Å². The first-order valence-electron chi connectivity index (χ1n) is 7.91. The number of benzene rings is 1. The van der Waals surface area contributed by atoms with E-state index in [4.69, 9.17) is 15.2 Å². The second-order valence-corrected chi connectivity index (χ2v) is 5.81. The van der Waals surface area contributed by atoms with Crippen molar-refractivity contribution in [3.8, 4) is 5.75 Å². The van der Waals surface area contributed by atoms with Gasteiger partial charge in [0.15, 0.2) is 0 Å². The Labute approximate surface area is 132 Å². The van der Waals surface area contributed by atoms with Crippen LogP contribution in [0.4, 0.5) is 0 Å². The number of nitrogens with one attached hydrogen (secondary N) is 1. The van der Waals surface area contributed by atoms with Gasteiger partial charge in [0.1, 0.15) is 11.9 Å². The molecular formula is C17H26N2O3. The minimum Gasteiger partial charge on any atom is -0.497 e. The van der Waals surface area contributed by atoms with Crippen LogP contribution in [0.3, 0.4) is 0 Å². The first-order chi connectivity index (χ1) is 10.6. The lowest BCUT2D eigenvalue weighted by molar-refractivity contribution is -0.131. The van der Waals surface area contributed by atoms with Crippen molar-refractivity contribution in [2.24, 2.45) is 5.73 Å². The van der Waals surface area contributed by atoms with E-state index in [-0.39, 0.29) is 18.1 Å². The van der Waals surface area contributed by atoms with Crippen LogP contribution in [0.2, 0.25) is 0 Å². The molecule has 0 saturated carbocycles. The van der Waals surface area contributed by atoms with Crippen LogP contribution in [-0.2, 0) is 9.53 Å². The average molecular weight is 306 g/mol. The Morgan fingerprint density at radius 2 is 2.14 bits per heavy atom. The first kappa shape index (κ1) is 16.8. The van der Waals surface area contributed by atoms with Gasteiger partial charge in [0.05, 0.1) is 13.2 Å². The summed E-state index contributed by atoms with van der Waals surface area (Å²) in [5.41, 5.74) is 6.80. The highest BCUT2D eigenvalue weighted by Crippen LogP contribution is 2.22. The molecule has 3 N–H and O–H groups in total. The van der Waals surface area contributed by atoms with Crippen molar-refractivity contribution >= 4 is 5.91 Å². The molecule has 1 unspecified atom stereocenters. The molecule has 122 valence electrons. The van der Waals surface area contributed by atoms with Crippen LogP contribution in [0.15, 0.2) is 24.3 Å². The smallest absolute Gasteiger partial charge is 0.249 e. The van der Waals surface area contributed by atoms with Crippen molar-refractivity contribution in [1.29, 1.82) is 0 Å². The van der Waals surface area contributed by atoms with Crippen molar-refractivity contribution in [3.05, 3.63) is 29.8 Å². The maximum Gasteiger partial charge on any atom is 0.249 e. The van der Waals surface area contributed by atoms with Gasteiger partial charge in [-0.2, -0.15) is 0 Å². The fourth-order valence-corrected chi connectivity index (χ4v) is 2.70. The second kappa shape index (κ2) is 8.15. The maximum atomic E-state index is 12.0. The van der Waals surface area contributed by atoms with E-state index < -0.39 is 0 Å². The summed E-state index contributed by atoms with van der Waals surface area (Å²) < 4.78 is 10.7. The van der Waals surface area contributed by atoms with Crippen LogP contribution in [0.25, 0.3) is 0 Å². The Morgan fingerprint density at radius 1 is 1.41 bits per heavy atom. The van der Waals surface area contributed by atoms with Crippen molar-refractivity contribution in [2.75, 3.05) is 20.2 Å². The predicted octanol–water partition coefficient (Wildman–Crippen LogP) is 1.81. The van der Waals surface area contributed by atoms with Gasteiger partial charge in [0.25, 0.3) is 0 Å². The van der Waals surface area contributed by atoms with E-state index in [1.807, 2.05) is 12.1 Å². The zero-order chi connectivity index (χ0) is 15.9. The highest BCUT2D eigenvalue weighted by molar-refractivity contribution is 5.80. The molecule has 22 heavy (non-hydrogen) atoms. The van der Waals surface area contributed by atoms with Gasteiger partial charge < -0.3 is 20.5 Å². The van der Waals surface area contributed by atoms with Gasteiger partial charge in [0.2, 0.25) is 5.91 Å². The Balaban J connectivity index is 1.72. The van der Waals surface area contributed by atoms with E-state index in [0.717, 1.165) is 25.0 Å². The quantitative estimate of drug-likeness (QED) is 0.806. The topological polar surface area (TPSA) is 73.6 Å². The normalized spacial score (nSPS) is 22.3. The van der Waals surface area contributed by atoms with Gasteiger partial charge >= 0.3 is 0 Å². The standard InChI is InChI=1S/C17H26N2O3/c1-12(13-3-5-14(21-2)6-4-13)9-10-19-17(20)16-8-7-15(11-18)22-16/h3-6,12,15-16H,7-11,18H2,1-2H3,(H,19,20)/t12?,15-,16+/m1/s1. The molecule has 1 aromatic rings. The van der Waals surface area contributed by atoms with Gasteiger partial charge in [-0.1, -0.05) is 19.1 Å². The third-order valence-corrected chi connectivity index (χ3v) is 4.22. The molecular weight excluding hydrogens is 280 g/mol. The molecule has 0 spiro atoms. The molecule has 0 aliphatic carbocycles. The SMILES string of the molecule is COc1ccc(C(C)CCNC(=O)[C@@H]2CC[C@H](CN)O2)cc1. The Morgan fingerprint density at radius 3 is 2.73 bits per heavy atom. The minimum absolute atomic E-state index is 0.0159. The molecule has 0 radical (unpaired) electrons. The fourth-order valence-electron chi connectivity index (χ4n) is 2.70. The number of hydrogen-bond donors (Lipinski definition) is 2. The van der Waals surface area contributed by atoms with Crippen LogP contribution < -0.4 is 15.8 Å². The predicted molar refractivity (Wildman–Crippen MR) is 86.0 cm³/mol. The van der Waals surface area contributed by atoms with Crippen molar-refractivity contribution in [3.63, 3.8) is 0 Å². The largest absolute Gasteiger partial charge is 0.497 e. The molecule has 1 amide bonds. The van der Waals surface area contributed by atoms with Crippen molar-refractivity contribution in [1.82, 2.24) is 5.32 Å². The summed E-state index contributed by atoms with van der Waals surface area (Å²) in [7, 11) is 1.66. The van der Waals surface area contributed by atoms with Crippen molar-refractivity contribution < 1.29 is 14.3 Å². The number of methoxy groups -OCH3 is 1. The van der Waals surface area contributed by atoms with Crippen LogP contribution in [0.5, 0.6) is 5.75 Å². The third kappa shape index (κ3) is 4.45. The van der Waals surface area contributed by atoms with Gasteiger partial charge in [-0.3, -0.25) is 4.79 Å². The molecule has 1 aromatic carbocycles. The fraction of sp³-hybridized carbons (Fsp3) is 0.588.